The van der Waals surface area contributed by atoms with Crippen molar-refractivity contribution >= 4 is 16.6 Å². The van der Waals surface area contributed by atoms with Crippen LogP contribution in [0.15, 0.2) is 65.6 Å². The van der Waals surface area contributed by atoms with E-state index in [9.17, 15) is 14.1 Å². The molecule has 0 bridgehead atoms. The summed E-state index contributed by atoms with van der Waals surface area (Å²) in [6, 6.07) is 14.7. The molecule has 0 fully saturated rings. The number of benzene rings is 2. The van der Waals surface area contributed by atoms with Crippen LogP contribution in [-0.4, -0.2) is 33.6 Å². The number of aryl methyl sites for hydroxylation is 1. The predicted octanol–water partition coefficient (Wildman–Crippen LogP) is 3.16. The van der Waals surface area contributed by atoms with Crippen LogP contribution < -0.4 is 4.74 Å². The average Bonchev–Trinajstić information content (AvgIpc) is 2.64. The minimum Gasteiger partial charge on any atom is -0.497 e. The number of hydrogen-bond donors (Lipinski definition) is 1. The summed E-state index contributed by atoms with van der Waals surface area (Å²) in [6.45, 7) is 1.97. The third-order valence-corrected chi connectivity index (χ3v) is 6.25. The van der Waals surface area contributed by atoms with Crippen LogP contribution in [0.4, 0.5) is 0 Å². The number of methoxy groups -OCH3 is 1. The Morgan fingerprint density at radius 3 is 2.42 bits per heavy atom. The fraction of sp³-hybridized carbons (Fsp3) is 0.286. The molecule has 2 aromatic carbocycles. The van der Waals surface area contributed by atoms with Crippen LogP contribution in [-0.2, 0) is 15.6 Å². The summed E-state index contributed by atoms with van der Waals surface area (Å²) in [7, 11) is 0.209. The van der Waals surface area contributed by atoms with Crippen LogP contribution in [0.3, 0.4) is 0 Å². The molecule has 26 heavy (non-hydrogen) atoms. The van der Waals surface area contributed by atoms with Crippen LogP contribution >= 0.6 is 0 Å². The highest BCUT2D eigenvalue weighted by Crippen LogP contribution is 2.38. The minimum absolute atomic E-state index is 0.0382. The van der Waals surface area contributed by atoms with Crippen LogP contribution in [0.2, 0.25) is 0 Å². The summed E-state index contributed by atoms with van der Waals surface area (Å²) in [6.07, 6.45) is 3.08. The van der Waals surface area contributed by atoms with Gasteiger partial charge in [-0.3, -0.25) is 9.00 Å². The summed E-state index contributed by atoms with van der Waals surface area (Å²) in [5.41, 5.74) is 0.564. The first-order valence-corrected chi connectivity index (χ1v) is 9.76. The van der Waals surface area contributed by atoms with E-state index in [-0.39, 0.29) is 18.0 Å². The van der Waals surface area contributed by atoms with Crippen molar-refractivity contribution in [1.29, 1.82) is 0 Å². The predicted molar refractivity (Wildman–Crippen MR) is 102 cm³/mol. The van der Waals surface area contributed by atoms with Crippen LogP contribution in [0, 0.1) is 6.92 Å². The number of ketones is 1. The van der Waals surface area contributed by atoms with E-state index in [0.29, 0.717) is 10.6 Å². The van der Waals surface area contributed by atoms with Crippen molar-refractivity contribution in [2.45, 2.75) is 29.8 Å². The third kappa shape index (κ3) is 3.94. The lowest BCUT2D eigenvalue weighted by molar-refractivity contribution is -0.117. The summed E-state index contributed by atoms with van der Waals surface area (Å²) in [5.74, 6) is 0.256. The van der Waals surface area contributed by atoms with Crippen molar-refractivity contribution in [3.63, 3.8) is 0 Å². The topological polar surface area (TPSA) is 63.6 Å². The molecule has 136 valence electrons. The average molecular weight is 370 g/mol. The van der Waals surface area contributed by atoms with Gasteiger partial charge in [0.15, 0.2) is 5.78 Å². The van der Waals surface area contributed by atoms with E-state index >= 15 is 0 Å². The van der Waals surface area contributed by atoms with E-state index in [1.54, 1.807) is 19.2 Å². The quantitative estimate of drug-likeness (QED) is 0.878. The van der Waals surface area contributed by atoms with E-state index in [2.05, 4.69) is 0 Å². The normalized spacial score (nSPS) is 23.7. The van der Waals surface area contributed by atoms with Crippen molar-refractivity contribution in [2.24, 2.45) is 0 Å². The van der Waals surface area contributed by atoms with Crippen molar-refractivity contribution in [3.05, 3.63) is 71.8 Å². The van der Waals surface area contributed by atoms with E-state index in [1.165, 1.54) is 12.2 Å². The van der Waals surface area contributed by atoms with Gasteiger partial charge in [0.25, 0.3) is 0 Å². The smallest absolute Gasteiger partial charge is 0.156 e. The highest BCUT2D eigenvalue weighted by Gasteiger charge is 2.41. The molecular formula is C21H22O4S. The fourth-order valence-corrected chi connectivity index (χ4v) is 4.50. The van der Waals surface area contributed by atoms with Gasteiger partial charge in [0.1, 0.15) is 11.4 Å². The number of rotatable bonds is 5. The Bertz CT molecular complexity index is 839. The molecule has 1 aliphatic carbocycles. The Labute approximate surface area is 156 Å². The van der Waals surface area contributed by atoms with E-state index in [1.807, 2.05) is 43.3 Å². The molecular weight excluding hydrogens is 348 g/mol. The van der Waals surface area contributed by atoms with Crippen molar-refractivity contribution in [3.8, 4) is 5.75 Å². The van der Waals surface area contributed by atoms with Gasteiger partial charge in [0, 0.05) is 17.2 Å². The molecule has 1 aliphatic rings. The van der Waals surface area contributed by atoms with Crippen molar-refractivity contribution < 1.29 is 18.8 Å². The molecule has 3 rings (SSSR count). The lowest BCUT2D eigenvalue weighted by Gasteiger charge is -2.36. The second-order valence-corrected chi connectivity index (χ2v) is 8.07. The van der Waals surface area contributed by atoms with Crippen LogP contribution in [0.1, 0.15) is 23.5 Å². The lowest BCUT2D eigenvalue weighted by atomic mass is 9.76. The Balaban J connectivity index is 1.89. The third-order valence-electron chi connectivity index (χ3n) is 4.73. The molecule has 0 spiro atoms. The molecule has 1 N–H and O–H groups in total. The first-order valence-electron chi connectivity index (χ1n) is 8.45. The van der Waals surface area contributed by atoms with Gasteiger partial charge in [0.05, 0.1) is 23.7 Å². The molecule has 2 aromatic rings. The molecule has 5 heteroatoms. The summed E-state index contributed by atoms with van der Waals surface area (Å²) in [4.78, 5) is 12.6. The second kappa shape index (κ2) is 7.56. The summed E-state index contributed by atoms with van der Waals surface area (Å²) < 4.78 is 18.0. The standard InChI is InChI=1S/C21H22O4S/c1-15-3-9-19(10-4-15)26(24)14-21(23)12-11-17(22)13-20(21)16-5-7-18(25-2)8-6-16/h3-12,20,23H,13-14H2,1-2H3/t20-,21+,26-/m1/s1. The van der Waals surface area contributed by atoms with Gasteiger partial charge < -0.3 is 9.84 Å². The first kappa shape index (κ1) is 18.5. The summed E-state index contributed by atoms with van der Waals surface area (Å²) >= 11 is 0. The van der Waals surface area contributed by atoms with Crippen LogP contribution in [0.25, 0.3) is 0 Å². The molecule has 3 atom stereocenters. The minimum atomic E-state index is -1.38. The Morgan fingerprint density at radius 1 is 1.15 bits per heavy atom. The Hall–Kier alpha value is -2.24. The second-order valence-electron chi connectivity index (χ2n) is 6.62. The van der Waals surface area contributed by atoms with Crippen molar-refractivity contribution in [1.82, 2.24) is 0 Å². The molecule has 0 unspecified atom stereocenters. The molecule has 0 amide bonds. The van der Waals surface area contributed by atoms with Gasteiger partial charge in [-0.15, -0.1) is 0 Å². The molecule has 0 radical (unpaired) electrons. The number of carbonyl (C=O) groups is 1. The maximum absolute atomic E-state index is 12.8. The molecule has 4 nitrogen and oxygen atoms in total. The molecule has 0 heterocycles. The zero-order valence-electron chi connectivity index (χ0n) is 14.8. The number of carbonyl (C=O) groups excluding carboxylic acids is 1. The highest BCUT2D eigenvalue weighted by atomic mass is 32.2. The number of hydrogen-bond acceptors (Lipinski definition) is 4. The van der Waals surface area contributed by atoms with Gasteiger partial charge in [-0.1, -0.05) is 29.8 Å². The first-order chi connectivity index (χ1) is 12.4. The maximum atomic E-state index is 12.8. The van der Waals surface area contributed by atoms with E-state index in [4.69, 9.17) is 4.74 Å². The Morgan fingerprint density at radius 2 is 1.81 bits per heavy atom. The van der Waals surface area contributed by atoms with Crippen LogP contribution in [0.5, 0.6) is 5.75 Å². The summed E-state index contributed by atoms with van der Waals surface area (Å²) in [5, 5.41) is 11.3. The molecule has 0 saturated heterocycles. The SMILES string of the molecule is COc1ccc([C@H]2CC(=O)C=C[C@]2(O)C[S@@](=O)c2ccc(C)cc2)cc1. The monoisotopic (exact) mass is 370 g/mol. The van der Waals surface area contributed by atoms with Gasteiger partial charge >= 0.3 is 0 Å². The fourth-order valence-electron chi connectivity index (χ4n) is 3.17. The zero-order valence-corrected chi connectivity index (χ0v) is 15.7. The van der Waals surface area contributed by atoms with Gasteiger partial charge in [-0.2, -0.15) is 0 Å². The van der Waals surface area contributed by atoms with Gasteiger partial charge in [-0.25, -0.2) is 0 Å². The maximum Gasteiger partial charge on any atom is 0.156 e. The molecule has 0 aliphatic heterocycles. The van der Waals surface area contributed by atoms with E-state index < -0.39 is 22.3 Å². The Kier molecular flexibility index (Phi) is 5.39. The lowest BCUT2D eigenvalue weighted by Crippen LogP contribution is -2.43. The number of ether oxygens (including phenoxy) is 1. The van der Waals surface area contributed by atoms with Gasteiger partial charge in [-0.05, 0) is 48.9 Å². The zero-order chi connectivity index (χ0) is 18.7. The molecule has 0 saturated carbocycles. The number of aliphatic hydroxyl groups is 1. The van der Waals surface area contributed by atoms with E-state index in [0.717, 1.165) is 11.1 Å². The number of allylic oxidation sites excluding steroid dienone is 1. The largest absolute Gasteiger partial charge is 0.497 e. The highest BCUT2D eigenvalue weighted by molar-refractivity contribution is 7.85. The van der Waals surface area contributed by atoms with Crippen molar-refractivity contribution in [2.75, 3.05) is 12.9 Å². The van der Waals surface area contributed by atoms with Gasteiger partial charge in [0.2, 0.25) is 0 Å². The molecule has 0 aromatic heterocycles.